The third-order valence-corrected chi connectivity index (χ3v) is 11.9. The van der Waals surface area contributed by atoms with E-state index >= 15 is 0 Å². The predicted octanol–water partition coefficient (Wildman–Crippen LogP) is 14.5. The van der Waals surface area contributed by atoms with E-state index in [9.17, 15) is 0 Å². The minimum Gasteiger partial charge on any atom is -0.308 e. The zero-order valence-electron chi connectivity index (χ0n) is 29.8. The SMILES string of the molecule is c1ccc(-c2nc3ccc4c(-c5ccccc5)cc5ccc(N(c6ccccc6)c6cccc7c8ccccc8n(-c8ccccc8)c67)cc5c4c3s2)cc1. The molecule has 0 fully saturated rings. The summed E-state index contributed by atoms with van der Waals surface area (Å²) >= 11 is 1.78. The molecule has 0 amide bonds. The van der Waals surface area contributed by atoms with Crippen molar-refractivity contribution in [3.63, 3.8) is 0 Å². The first-order valence-electron chi connectivity index (χ1n) is 18.6. The summed E-state index contributed by atoms with van der Waals surface area (Å²) in [6.45, 7) is 0. The van der Waals surface area contributed by atoms with Crippen molar-refractivity contribution in [2.24, 2.45) is 0 Å². The number of hydrogen-bond donors (Lipinski definition) is 0. The normalized spacial score (nSPS) is 11.6. The first-order valence-corrected chi connectivity index (χ1v) is 19.5. The third kappa shape index (κ3) is 5.14. The van der Waals surface area contributed by atoms with Crippen molar-refractivity contribution in [1.82, 2.24) is 9.55 Å². The van der Waals surface area contributed by atoms with Crippen LogP contribution in [0.5, 0.6) is 0 Å². The van der Waals surface area contributed by atoms with Gasteiger partial charge in [0.05, 0.1) is 26.9 Å². The summed E-state index contributed by atoms with van der Waals surface area (Å²) in [5.41, 5.74) is 11.4. The minimum absolute atomic E-state index is 1.02. The predicted molar refractivity (Wildman–Crippen MR) is 235 cm³/mol. The minimum atomic E-state index is 1.02. The maximum atomic E-state index is 5.19. The van der Waals surface area contributed by atoms with Gasteiger partial charge < -0.3 is 9.47 Å². The molecule has 11 rings (SSSR count). The van der Waals surface area contributed by atoms with Crippen LogP contribution in [0, 0.1) is 0 Å². The molecule has 0 radical (unpaired) electrons. The largest absolute Gasteiger partial charge is 0.308 e. The smallest absolute Gasteiger partial charge is 0.124 e. The van der Waals surface area contributed by atoms with Gasteiger partial charge in [0.25, 0.3) is 0 Å². The van der Waals surface area contributed by atoms with E-state index in [-0.39, 0.29) is 0 Å². The lowest BCUT2D eigenvalue weighted by molar-refractivity contribution is 1.17. The average molecular weight is 720 g/mol. The fraction of sp³-hybridized carbons (Fsp3) is 0. The Balaban J connectivity index is 1.23. The number of anilines is 3. The zero-order chi connectivity index (χ0) is 36.3. The molecule has 0 bridgehead atoms. The van der Waals surface area contributed by atoms with E-state index in [2.05, 4.69) is 210 Å². The van der Waals surface area contributed by atoms with Crippen molar-refractivity contribution in [2.45, 2.75) is 0 Å². The van der Waals surface area contributed by atoms with Crippen molar-refractivity contribution in [3.8, 4) is 27.4 Å². The van der Waals surface area contributed by atoms with Crippen LogP contribution < -0.4 is 4.90 Å². The molecule has 9 aromatic carbocycles. The fourth-order valence-corrected chi connectivity index (χ4v) is 9.47. The van der Waals surface area contributed by atoms with Crippen molar-refractivity contribution in [2.75, 3.05) is 4.90 Å². The molecule has 2 heterocycles. The third-order valence-electron chi connectivity index (χ3n) is 10.8. The summed E-state index contributed by atoms with van der Waals surface area (Å²) < 4.78 is 3.62. The maximum Gasteiger partial charge on any atom is 0.124 e. The molecule has 0 aliphatic rings. The lowest BCUT2D eigenvalue weighted by atomic mass is 9.92. The second kappa shape index (κ2) is 12.8. The van der Waals surface area contributed by atoms with Crippen LogP contribution >= 0.6 is 11.3 Å². The summed E-state index contributed by atoms with van der Waals surface area (Å²) in [6, 6.07) is 72.1. The van der Waals surface area contributed by atoms with Gasteiger partial charge in [-0.2, -0.15) is 0 Å². The topological polar surface area (TPSA) is 21.1 Å². The molecule has 55 heavy (non-hydrogen) atoms. The van der Waals surface area contributed by atoms with Crippen LogP contribution in [0.4, 0.5) is 17.1 Å². The van der Waals surface area contributed by atoms with Crippen molar-refractivity contribution in [3.05, 3.63) is 200 Å². The van der Waals surface area contributed by atoms with Crippen LogP contribution in [-0.4, -0.2) is 9.55 Å². The van der Waals surface area contributed by atoms with E-state index < -0.39 is 0 Å². The van der Waals surface area contributed by atoms with E-state index in [1.165, 1.54) is 59.2 Å². The number of fused-ring (bicyclic) bond motifs is 8. The van der Waals surface area contributed by atoms with E-state index in [0.717, 1.165) is 38.8 Å². The summed E-state index contributed by atoms with van der Waals surface area (Å²) in [6.07, 6.45) is 0. The molecule has 258 valence electrons. The molecule has 0 spiro atoms. The quantitative estimate of drug-likeness (QED) is 0.160. The second-order valence-corrected chi connectivity index (χ2v) is 14.9. The first kappa shape index (κ1) is 31.5. The van der Waals surface area contributed by atoms with Crippen molar-refractivity contribution >= 4 is 82.0 Å². The standard InChI is InChI=1S/C51H33N3S/c1-5-16-34(17-6-1)43-32-36-28-29-39(33-44(36)48-41(43)30-31-45-50(48)55-51(52-45)35-18-7-2-8-19-35)53(37-20-9-3-10-21-37)47-27-15-25-42-40-24-13-14-26-46(40)54(49(42)47)38-22-11-4-12-23-38/h1-33H. The highest BCUT2D eigenvalue weighted by Crippen LogP contribution is 2.47. The van der Waals surface area contributed by atoms with Gasteiger partial charge in [-0.25, -0.2) is 4.98 Å². The molecule has 0 N–H and O–H groups in total. The van der Waals surface area contributed by atoms with Gasteiger partial charge in [0.15, 0.2) is 0 Å². The fourth-order valence-electron chi connectivity index (χ4n) is 8.33. The highest BCUT2D eigenvalue weighted by Gasteiger charge is 2.23. The number of hydrogen-bond acceptors (Lipinski definition) is 3. The molecule has 0 saturated heterocycles. The molecular weight excluding hydrogens is 687 g/mol. The summed E-state index contributed by atoms with van der Waals surface area (Å²) in [4.78, 5) is 7.62. The Kier molecular flexibility index (Phi) is 7.35. The molecule has 11 aromatic rings. The van der Waals surface area contributed by atoms with E-state index in [0.29, 0.717) is 0 Å². The molecular formula is C51H33N3S. The number of benzene rings is 9. The Morgan fingerprint density at radius 2 is 1.15 bits per heavy atom. The number of aromatic nitrogens is 2. The van der Waals surface area contributed by atoms with Crippen LogP contribution in [0.25, 0.3) is 81.0 Å². The monoisotopic (exact) mass is 719 g/mol. The van der Waals surface area contributed by atoms with Crippen molar-refractivity contribution in [1.29, 1.82) is 0 Å². The molecule has 0 saturated carbocycles. The lowest BCUT2D eigenvalue weighted by Crippen LogP contribution is -2.11. The highest BCUT2D eigenvalue weighted by atomic mass is 32.1. The van der Waals surface area contributed by atoms with E-state index in [1.54, 1.807) is 11.3 Å². The van der Waals surface area contributed by atoms with Gasteiger partial charge in [-0.15, -0.1) is 11.3 Å². The van der Waals surface area contributed by atoms with Gasteiger partial charge in [0.2, 0.25) is 0 Å². The van der Waals surface area contributed by atoms with Gasteiger partial charge in [0.1, 0.15) is 5.01 Å². The number of nitrogens with zero attached hydrogens (tertiary/aromatic N) is 3. The maximum absolute atomic E-state index is 5.19. The van der Waals surface area contributed by atoms with Gasteiger partial charge in [-0.1, -0.05) is 140 Å². The molecule has 4 heteroatoms. The Hall–Kier alpha value is -7.01. The second-order valence-electron chi connectivity index (χ2n) is 13.9. The average Bonchev–Trinajstić information content (AvgIpc) is 3.85. The lowest BCUT2D eigenvalue weighted by Gasteiger charge is -2.27. The molecule has 0 aliphatic carbocycles. The van der Waals surface area contributed by atoms with Gasteiger partial charge in [0, 0.05) is 38.8 Å². The molecule has 2 aromatic heterocycles. The van der Waals surface area contributed by atoms with E-state index in [1.807, 2.05) is 0 Å². The van der Waals surface area contributed by atoms with Crippen LogP contribution in [0.1, 0.15) is 0 Å². The number of thiazole rings is 1. The number of rotatable bonds is 6. The Morgan fingerprint density at radius 3 is 1.93 bits per heavy atom. The number of para-hydroxylation sites is 4. The molecule has 3 nitrogen and oxygen atoms in total. The summed E-state index contributed by atoms with van der Waals surface area (Å²) in [5.74, 6) is 0. The van der Waals surface area contributed by atoms with Gasteiger partial charge >= 0.3 is 0 Å². The summed E-state index contributed by atoms with van der Waals surface area (Å²) in [7, 11) is 0. The summed E-state index contributed by atoms with van der Waals surface area (Å²) in [5, 5.41) is 8.35. The van der Waals surface area contributed by atoms with Crippen LogP contribution in [0.15, 0.2) is 200 Å². The Labute approximate surface area is 322 Å². The molecule has 0 atom stereocenters. The first-order chi connectivity index (χ1) is 27.3. The van der Waals surface area contributed by atoms with Crippen LogP contribution in [0.3, 0.4) is 0 Å². The Morgan fingerprint density at radius 1 is 0.473 bits per heavy atom. The highest BCUT2D eigenvalue weighted by molar-refractivity contribution is 7.22. The van der Waals surface area contributed by atoms with E-state index in [4.69, 9.17) is 4.98 Å². The van der Waals surface area contributed by atoms with Crippen molar-refractivity contribution < 1.29 is 0 Å². The van der Waals surface area contributed by atoms with Gasteiger partial charge in [-0.3, -0.25) is 0 Å². The molecule has 0 unspecified atom stereocenters. The molecule has 0 aliphatic heterocycles. The van der Waals surface area contributed by atoms with Crippen LogP contribution in [0.2, 0.25) is 0 Å². The van der Waals surface area contributed by atoms with Gasteiger partial charge in [-0.05, 0) is 87.9 Å². The van der Waals surface area contributed by atoms with Crippen LogP contribution in [-0.2, 0) is 0 Å². The Bertz CT molecular complexity index is 3190. The zero-order valence-corrected chi connectivity index (χ0v) is 30.6.